The van der Waals surface area contributed by atoms with Crippen molar-refractivity contribution >= 4 is 34.8 Å². The van der Waals surface area contributed by atoms with Gasteiger partial charge in [0.05, 0.1) is 10.7 Å². The lowest BCUT2D eigenvalue weighted by molar-refractivity contribution is -0.116. The van der Waals surface area contributed by atoms with Crippen molar-refractivity contribution in [3.05, 3.63) is 63.0 Å². The Bertz CT molecular complexity index is 668. The second-order valence-corrected chi connectivity index (χ2v) is 4.68. The van der Waals surface area contributed by atoms with Gasteiger partial charge in [-0.2, -0.15) is 0 Å². The molecule has 2 aromatic rings. The number of halogens is 2. The summed E-state index contributed by atoms with van der Waals surface area (Å²) in [7, 11) is 0. The number of rotatable bonds is 3. The van der Waals surface area contributed by atoms with E-state index in [2.05, 4.69) is 5.32 Å². The number of benzene rings is 1. The quantitative estimate of drug-likeness (QED) is 0.947. The van der Waals surface area contributed by atoms with Gasteiger partial charge in [0, 0.05) is 17.3 Å². The van der Waals surface area contributed by atoms with Gasteiger partial charge in [0.15, 0.2) is 0 Å². The number of carbonyl (C=O) groups excluding carboxylic acids is 1. The highest BCUT2D eigenvalue weighted by molar-refractivity contribution is 6.36. The third kappa shape index (κ3) is 3.59. The minimum atomic E-state index is -0.336. The second-order valence-electron chi connectivity index (χ2n) is 3.84. The van der Waals surface area contributed by atoms with Crippen molar-refractivity contribution in [1.82, 2.24) is 4.57 Å². The number of amides is 1. The molecule has 1 heterocycles. The predicted octanol–water partition coefficient (Wildman–Crippen LogP) is 2.79. The minimum Gasteiger partial charge on any atom is -0.323 e. The first-order valence-corrected chi connectivity index (χ1v) is 6.22. The highest BCUT2D eigenvalue weighted by Crippen LogP contribution is 2.25. The fraction of sp³-hybridized carbons (Fsp3) is 0.0769. The summed E-state index contributed by atoms with van der Waals surface area (Å²) in [4.78, 5) is 23.3. The first-order chi connectivity index (χ1) is 9.06. The first kappa shape index (κ1) is 13.6. The Balaban J connectivity index is 2.10. The molecule has 0 unspecified atom stereocenters. The van der Waals surface area contributed by atoms with Gasteiger partial charge in [-0.3, -0.25) is 9.59 Å². The van der Waals surface area contributed by atoms with Crippen LogP contribution in [0.15, 0.2) is 47.4 Å². The monoisotopic (exact) mass is 296 g/mol. The molecule has 0 saturated carbocycles. The summed E-state index contributed by atoms with van der Waals surface area (Å²) in [6.45, 7) is -0.0708. The molecular formula is C13H10Cl2N2O2. The topological polar surface area (TPSA) is 51.1 Å². The molecule has 6 heteroatoms. The van der Waals surface area contributed by atoms with E-state index in [9.17, 15) is 9.59 Å². The summed E-state index contributed by atoms with van der Waals surface area (Å²) in [5.41, 5.74) is 0.222. The molecule has 1 aromatic heterocycles. The normalized spacial score (nSPS) is 10.2. The van der Waals surface area contributed by atoms with Crippen LogP contribution in [0.25, 0.3) is 0 Å². The van der Waals surface area contributed by atoms with Crippen molar-refractivity contribution in [3.8, 4) is 0 Å². The van der Waals surface area contributed by atoms with Crippen LogP contribution in [-0.2, 0) is 11.3 Å². The average Bonchev–Trinajstić information content (AvgIpc) is 2.36. The lowest BCUT2D eigenvalue weighted by atomic mass is 10.3. The Kier molecular flexibility index (Phi) is 4.24. The van der Waals surface area contributed by atoms with Crippen LogP contribution in [0.1, 0.15) is 0 Å². The highest BCUT2D eigenvalue weighted by Gasteiger charge is 2.07. The Morgan fingerprint density at radius 2 is 2.00 bits per heavy atom. The predicted molar refractivity (Wildman–Crippen MR) is 75.8 cm³/mol. The van der Waals surface area contributed by atoms with E-state index in [0.29, 0.717) is 15.7 Å². The zero-order valence-electron chi connectivity index (χ0n) is 9.77. The molecule has 0 bridgehead atoms. The maximum Gasteiger partial charge on any atom is 0.250 e. The van der Waals surface area contributed by atoms with Gasteiger partial charge >= 0.3 is 0 Å². The van der Waals surface area contributed by atoms with Crippen molar-refractivity contribution in [2.45, 2.75) is 6.54 Å². The van der Waals surface area contributed by atoms with Crippen LogP contribution in [-0.4, -0.2) is 10.5 Å². The fourth-order valence-corrected chi connectivity index (χ4v) is 1.98. The van der Waals surface area contributed by atoms with Crippen molar-refractivity contribution in [2.24, 2.45) is 0 Å². The number of carbonyl (C=O) groups is 1. The molecular weight excluding hydrogens is 287 g/mol. The Hall–Kier alpha value is -1.78. The highest BCUT2D eigenvalue weighted by atomic mass is 35.5. The number of hydrogen-bond donors (Lipinski definition) is 1. The summed E-state index contributed by atoms with van der Waals surface area (Å²) in [5.74, 6) is -0.336. The summed E-state index contributed by atoms with van der Waals surface area (Å²) in [5, 5.41) is 3.46. The van der Waals surface area contributed by atoms with Gasteiger partial charge in [-0.15, -0.1) is 0 Å². The largest absolute Gasteiger partial charge is 0.323 e. The number of nitrogens with zero attached hydrogens (tertiary/aromatic N) is 1. The molecule has 0 fully saturated rings. The van der Waals surface area contributed by atoms with Crippen molar-refractivity contribution < 1.29 is 4.79 Å². The van der Waals surface area contributed by atoms with Crippen LogP contribution < -0.4 is 10.9 Å². The van der Waals surface area contributed by atoms with Crippen LogP contribution in [0, 0.1) is 0 Å². The SMILES string of the molecule is O=C(Cn1ccccc1=O)Nc1ccc(Cl)cc1Cl. The number of anilines is 1. The number of pyridine rings is 1. The van der Waals surface area contributed by atoms with E-state index in [4.69, 9.17) is 23.2 Å². The van der Waals surface area contributed by atoms with Crippen LogP contribution in [0.3, 0.4) is 0 Å². The lowest BCUT2D eigenvalue weighted by Gasteiger charge is -2.08. The number of aromatic nitrogens is 1. The molecule has 0 aliphatic heterocycles. The summed E-state index contributed by atoms with van der Waals surface area (Å²) in [6.07, 6.45) is 1.55. The Labute approximate surface area is 119 Å². The fourth-order valence-electron chi connectivity index (χ4n) is 1.53. The number of hydrogen-bond acceptors (Lipinski definition) is 2. The molecule has 0 radical (unpaired) electrons. The Morgan fingerprint density at radius 3 is 2.68 bits per heavy atom. The van der Waals surface area contributed by atoms with Crippen LogP contribution in [0.5, 0.6) is 0 Å². The van der Waals surface area contributed by atoms with E-state index in [1.807, 2.05) is 0 Å². The molecule has 0 atom stereocenters. The van der Waals surface area contributed by atoms with E-state index < -0.39 is 0 Å². The molecule has 19 heavy (non-hydrogen) atoms. The van der Waals surface area contributed by atoms with Crippen LogP contribution >= 0.6 is 23.2 Å². The van der Waals surface area contributed by atoms with Gasteiger partial charge in [-0.25, -0.2) is 0 Å². The van der Waals surface area contributed by atoms with Crippen LogP contribution in [0.4, 0.5) is 5.69 Å². The van der Waals surface area contributed by atoms with E-state index in [1.54, 1.807) is 30.5 Å². The maximum absolute atomic E-state index is 11.8. The van der Waals surface area contributed by atoms with Crippen molar-refractivity contribution in [3.63, 3.8) is 0 Å². The lowest BCUT2D eigenvalue weighted by Crippen LogP contribution is -2.26. The molecule has 0 aliphatic rings. The molecule has 2 rings (SSSR count). The van der Waals surface area contributed by atoms with E-state index in [-0.39, 0.29) is 18.0 Å². The molecule has 4 nitrogen and oxygen atoms in total. The third-order valence-electron chi connectivity index (χ3n) is 2.42. The number of nitrogens with one attached hydrogen (secondary N) is 1. The Morgan fingerprint density at radius 1 is 1.21 bits per heavy atom. The maximum atomic E-state index is 11.8. The summed E-state index contributed by atoms with van der Waals surface area (Å²) in [6, 6.07) is 9.46. The van der Waals surface area contributed by atoms with Gasteiger partial charge in [0.2, 0.25) is 5.91 Å². The van der Waals surface area contributed by atoms with Crippen molar-refractivity contribution in [2.75, 3.05) is 5.32 Å². The third-order valence-corrected chi connectivity index (χ3v) is 2.97. The van der Waals surface area contributed by atoms with Crippen LogP contribution in [0.2, 0.25) is 10.0 Å². The molecule has 1 N–H and O–H groups in total. The van der Waals surface area contributed by atoms with Gasteiger partial charge < -0.3 is 9.88 Å². The molecule has 0 aliphatic carbocycles. The zero-order valence-corrected chi connectivity index (χ0v) is 11.3. The van der Waals surface area contributed by atoms with E-state index in [0.717, 1.165) is 0 Å². The molecule has 98 valence electrons. The minimum absolute atomic E-state index is 0.0708. The van der Waals surface area contributed by atoms with Crippen molar-refractivity contribution in [1.29, 1.82) is 0 Å². The molecule has 1 aromatic carbocycles. The van der Waals surface area contributed by atoms with E-state index in [1.165, 1.54) is 16.7 Å². The van der Waals surface area contributed by atoms with E-state index >= 15 is 0 Å². The zero-order chi connectivity index (χ0) is 13.8. The smallest absolute Gasteiger partial charge is 0.250 e. The first-order valence-electron chi connectivity index (χ1n) is 5.46. The average molecular weight is 297 g/mol. The molecule has 1 amide bonds. The molecule has 0 spiro atoms. The standard InChI is InChI=1S/C13H10Cl2N2O2/c14-9-4-5-11(10(15)7-9)16-12(18)8-17-6-2-1-3-13(17)19/h1-7H,8H2,(H,16,18). The summed E-state index contributed by atoms with van der Waals surface area (Å²) >= 11 is 11.7. The second kappa shape index (κ2) is 5.91. The van der Waals surface area contributed by atoms with Gasteiger partial charge in [-0.1, -0.05) is 29.3 Å². The summed E-state index contributed by atoms with van der Waals surface area (Å²) < 4.78 is 1.30. The van der Waals surface area contributed by atoms with Gasteiger partial charge in [-0.05, 0) is 24.3 Å². The van der Waals surface area contributed by atoms with Gasteiger partial charge in [0.25, 0.3) is 5.56 Å². The van der Waals surface area contributed by atoms with Gasteiger partial charge in [0.1, 0.15) is 6.54 Å². The molecule has 0 saturated heterocycles.